The molecule has 2 heterocycles. The summed E-state index contributed by atoms with van der Waals surface area (Å²) in [6.45, 7) is 2.08. The van der Waals surface area contributed by atoms with Crippen LogP contribution in [0.1, 0.15) is 55.9 Å². The number of nitrogens with zero attached hydrogens (tertiary/aromatic N) is 2. The smallest absolute Gasteiger partial charge is 0.356 e. The summed E-state index contributed by atoms with van der Waals surface area (Å²) in [6.07, 6.45) is 8.68. The van der Waals surface area contributed by atoms with Crippen LogP contribution < -0.4 is 0 Å². The van der Waals surface area contributed by atoms with Crippen molar-refractivity contribution in [2.45, 2.75) is 51.6 Å². The zero-order chi connectivity index (χ0) is 16.1. The number of nitrogens with one attached hydrogen (secondary N) is 1. The number of aromatic nitrogens is 3. The van der Waals surface area contributed by atoms with Crippen LogP contribution in [-0.2, 0) is 4.74 Å². The molecule has 1 saturated carbocycles. The second-order valence-corrected chi connectivity index (χ2v) is 6.13. The molecule has 0 saturated heterocycles. The van der Waals surface area contributed by atoms with Gasteiger partial charge in [0.2, 0.25) is 0 Å². The lowest BCUT2D eigenvalue weighted by atomic mass is 9.84. The molecule has 1 fully saturated rings. The van der Waals surface area contributed by atoms with Gasteiger partial charge in [-0.15, -0.1) is 0 Å². The first-order chi connectivity index (χ1) is 11.3. The molecular formula is C18H23N3O2. The number of rotatable bonds is 5. The second kappa shape index (κ2) is 7.40. The van der Waals surface area contributed by atoms with E-state index in [4.69, 9.17) is 4.74 Å². The summed E-state index contributed by atoms with van der Waals surface area (Å²) in [4.78, 5) is 16.6. The fourth-order valence-corrected chi connectivity index (χ4v) is 3.29. The van der Waals surface area contributed by atoms with Gasteiger partial charge < -0.3 is 4.74 Å². The Morgan fingerprint density at radius 2 is 2.13 bits per heavy atom. The van der Waals surface area contributed by atoms with Crippen LogP contribution in [-0.4, -0.2) is 27.3 Å². The van der Waals surface area contributed by atoms with Crippen molar-refractivity contribution in [2.24, 2.45) is 5.92 Å². The van der Waals surface area contributed by atoms with Gasteiger partial charge in [0, 0.05) is 12.3 Å². The predicted octanol–water partition coefficient (Wildman–Crippen LogP) is 3.99. The number of esters is 1. The van der Waals surface area contributed by atoms with Crippen LogP contribution in [0, 0.1) is 5.92 Å². The Kier molecular flexibility index (Phi) is 5.05. The summed E-state index contributed by atoms with van der Waals surface area (Å²) < 4.78 is 5.74. The SMILES string of the molecule is CCC(OC(=O)c1cc(-c2ccccn2)n[nH]1)C1CCCCC1. The summed E-state index contributed by atoms with van der Waals surface area (Å²) in [5.41, 5.74) is 1.78. The molecule has 5 heteroatoms. The average molecular weight is 313 g/mol. The molecule has 23 heavy (non-hydrogen) atoms. The number of hydrogen-bond acceptors (Lipinski definition) is 4. The van der Waals surface area contributed by atoms with Gasteiger partial charge in [0.1, 0.15) is 17.5 Å². The van der Waals surface area contributed by atoms with E-state index in [1.165, 1.54) is 19.3 Å². The van der Waals surface area contributed by atoms with Crippen molar-refractivity contribution in [3.05, 3.63) is 36.2 Å². The summed E-state index contributed by atoms with van der Waals surface area (Å²) in [5, 5.41) is 6.94. The highest BCUT2D eigenvalue weighted by molar-refractivity contribution is 5.88. The highest BCUT2D eigenvalue weighted by Gasteiger charge is 2.26. The van der Waals surface area contributed by atoms with E-state index in [1.807, 2.05) is 18.2 Å². The minimum absolute atomic E-state index is 0.00407. The van der Waals surface area contributed by atoms with Crippen molar-refractivity contribution in [3.63, 3.8) is 0 Å². The minimum Gasteiger partial charge on any atom is -0.457 e. The first kappa shape index (κ1) is 15.7. The average Bonchev–Trinajstić information content (AvgIpc) is 3.11. The van der Waals surface area contributed by atoms with E-state index in [9.17, 15) is 4.79 Å². The Labute approximate surface area is 136 Å². The number of H-pyrrole nitrogens is 1. The first-order valence-electron chi connectivity index (χ1n) is 8.45. The van der Waals surface area contributed by atoms with Crippen LogP contribution in [0.4, 0.5) is 0 Å². The third-order valence-electron chi connectivity index (χ3n) is 4.56. The van der Waals surface area contributed by atoms with Crippen molar-refractivity contribution in [1.29, 1.82) is 0 Å². The number of aromatic amines is 1. The van der Waals surface area contributed by atoms with Crippen LogP contribution >= 0.6 is 0 Å². The molecule has 0 radical (unpaired) electrons. The molecule has 1 aliphatic carbocycles. The molecule has 3 rings (SSSR count). The van der Waals surface area contributed by atoms with E-state index in [1.54, 1.807) is 12.3 Å². The molecule has 1 atom stereocenters. The maximum Gasteiger partial charge on any atom is 0.356 e. The van der Waals surface area contributed by atoms with Crippen molar-refractivity contribution in [3.8, 4) is 11.4 Å². The maximum atomic E-state index is 12.4. The van der Waals surface area contributed by atoms with Gasteiger partial charge in [-0.1, -0.05) is 32.3 Å². The molecule has 2 aromatic heterocycles. The summed E-state index contributed by atoms with van der Waals surface area (Å²) in [7, 11) is 0. The van der Waals surface area contributed by atoms with Crippen LogP contribution in [0.3, 0.4) is 0 Å². The van der Waals surface area contributed by atoms with E-state index < -0.39 is 0 Å². The molecular weight excluding hydrogens is 290 g/mol. The van der Waals surface area contributed by atoms with E-state index in [2.05, 4.69) is 22.1 Å². The molecule has 2 aromatic rings. The largest absolute Gasteiger partial charge is 0.457 e. The molecule has 5 nitrogen and oxygen atoms in total. The third kappa shape index (κ3) is 3.78. The van der Waals surface area contributed by atoms with E-state index in [0.29, 0.717) is 17.3 Å². The number of pyridine rings is 1. The van der Waals surface area contributed by atoms with Gasteiger partial charge in [0.25, 0.3) is 0 Å². The third-order valence-corrected chi connectivity index (χ3v) is 4.56. The lowest BCUT2D eigenvalue weighted by Crippen LogP contribution is -2.28. The zero-order valence-corrected chi connectivity index (χ0v) is 13.5. The molecule has 0 amide bonds. The lowest BCUT2D eigenvalue weighted by Gasteiger charge is -2.29. The van der Waals surface area contributed by atoms with Gasteiger partial charge in [-0.25, -0.2) is 4.79 Å². The number of carbonyl (C=O) groups excluding carboxylic acids is 1. The molecule has 1 aliphatic rings. The molecule has 0 aromatic carbocycles. The zero-order valence-electron chi connectivity index (χ0n) is 13.5. The van der Waals surface area contributed by atoms with Gasteiger partial charge in [-0.05, 0) is 37.3 Å². The van der Waals surface area contributed by atoms with Crippen LogP contribution in [0.5, 0.6) is 0 Å². The van der Waals surface area contributed by atoms with Gasteiger partial charge in [-0.3, -0.25) is 10.1 Å². The van der Waals surface area contributed by atoms with Crippen LogP contribution in [0.15, 0.2) is 30.5 Å². The highest BCUT2D eigenvalue weighted by Crippen LogP contribution is 2.30. The van der Waals surface area contributed by atoms with Gasteiger partial charge in [0.05, 0.1) is 5.69 Å². The van der Waals surface area contributed by atoms with E-state index in [0.717, 1.165) is 25.0 Å². The number of carbonyl (C=O) groups is 1. The van der Waals surface area contributed by atoms with E-state index in [-0.39, 0.29) is 12.1 Å². The molecule has 1 N–H and O–H groups in total. The quantitative estimate of drug-likeness (QED) is 0.848. The van der Waals surface area contributed by atoms with Crippen LogP contribution in [0.2, 0.25) is 0 Å². The van der Waals surface area contributed by atoms with Gasteiger partial charge in [0.15, 0.2) is 0 Å². The Morgan fingerprint density at radius 3 is 2.83 bits per heavy atom. The van der Waals surface area contributed by atoms with E-state index >= 15 is 0 Å². The maximum absolute atomic E-state index is 12.4. The molecule has 122 valence electrons. The molecule has 1 unspecified atom stereocenters. The van der Waals surface area contributed by atoms with Gasteiger partial charge >= 0.3 is 5.97 Å². The van der Waals surface area contributed by atoms with Crippen molar-refractivity contribution >= 4 is 5.97 Å². The Hall–Kier alpha value is -2.17. The highest BCUT2D eigenvalue weighted by atomic mass is 16.5. The monoisotopic (exact) mass is 313 g/mol. The summed E-state index contributed by atoms with van der Waals surface area (Å²) >= 11 is 0. The normalized spacial score (nSPS) is 16.9. The Balaban J connectivity index is 1.67. The van der Waals surface area contributed by atoms with Gasteiger partial charge in [-0.2, -0.15) is 5.10 Å². The summed E-state index contributed by atoms with van der Waals surface area (Å²) in [6, 6.07) is 7.31. The van der Waals surface area contributed by atoms with Crippen molar-refractivity contribution in [2.75, 3.05) is 0 Å². The standard InChI is InChI=1S/C18H23N3O2/c1-2-17(13-8-4-3-5-9-13)23-18(22)16-12-15(20-21-16)14-10-6-7-11-19-14/h6-7,10-13,17H,2-5,8-9H2,1H3,(H,20,21). The Bertz CT molecular complexity index is 633. The summed E-state index contributed by atoms with van der Waals surface area (Å²) in [5.74, 6) is 0.174. The lowest BCUT2D eigenvalue weighted by molar-refractivity contribution is 0.00584. The minimum atomic E-state index is -0.322. The van der Waals surface area contributed by atoms with Crippen molar-refractivity contribution in [1.82, 2.24) is 15.2 Å². The predicted molar refractivity (Wildman–Crippen MR) is 87.9 cm³/mol. The Morgan fingerprint density at radius 1 is 1.30 bits per heavy atom. The van der Waals surface area contributed by atoms with Crippen LogP contribution in [0.25, 0.3) is 11.4 Å². The molecule has 0 aliphatic heterocycles. The first-order valence-corrected chi connectivity index (χ1v) is 8.45. The number of hydrogen-bond donors (Lipinski definition) is 1. The molecule has 0 bridgehead atoms. The fraction of sp³-hybridized carbons (Fsp3) is 0.500. The van der Waals surface area contributed by atoms with Crippen molar-refractivity contribution < 1.29 is 9.53 Å². The molecule has 0 spiro atoms. The fourth-order valence-electron chi connectivity index (χ4n) is 3.29. The number of ether oxygens (including phenoxy) is 1. The topological polar surface area (TPSA) is 67.9 Å². The second-order valence-electron chi connectivity index (χ2n) is 6.13.